The van der Waals surface area contributed by atoms with Crippen molar-refractivity contribution in [3.8, 4) is 6.07 Å². The van der Waals surface area contributed by atoms with Crippen LogP contribution in [-0.2, 0) is 0 Å². The van der Waals surface area contributed by atoms with E-state index in [4.69, 9.17) is 11.8 Å². The van der Waals surface area contributed by atoms with Crippen LogP contribution in [0.2, 0.25) is 0 Å². The van der Waals surface area contributed by atoms with Crippen LogP contribution in [0, 0.1) is 17.9 Å². The number of nitriles is 1. The molecule has 1 fully saturated rings. The van der Waals surface area contributed by atoms with Crippen LogP contribution in [-0.4, -0.2) is 31.1 Å². The number of piperazine rings is 1. The second-order valence-corrected chi connectivity index (χ2v) is 4.02. The summed E-state index contributed by atoms with van der Waals surface area (Å²) in [5.41, 5.74) is 1.87. The highest BCUT2D eigenvalue weighted by Crippen LogP contribution is 2.24. The second-order valence-electron chi connectivity index (χ2n) is 4.02. The highest BCUT2D eigenvalue weighted by atomic mass is 15.2. The Morgan fingerprint density at radius 3 is 2.50 bits per heavy atom. The fourth-order valence-corrected chi connectivity index (χ4v) is 2.08. The number of benzene rings is 1. The van der Waals surface area contributed by atoms with Gasteiger partial charge < -0.3 is 10.2 Å². The first kappa shape index (κ1) is 12.2. The summed E-state index contributed by atoms with van der Waals surface area (Å²) >= 11 is 0. The lowest BCUT2D eigenvalue weighted by molar-refractivity contribution is 0.340. The molecule has 2 rings (SSSR count). The first-order valence-electron chi connectivity index (χ1n) is 5.89. The monoisotopic (exact) mass is 238 g/mol. The summed E-state index contributed by atoms with van der Waals surface area (Å²) in [7, 11) is 0. The normalized spacial score (nSPS) is 16.4. The number of nitrogens with one attached hydrogen (secondary N) is 1. The summed E-state index contributed by atoms with van der Waals surface area (Å²) in [6.45, 7) is 10.6. The number of allylic oxidation sites excluding steroid dienone is 1. The molecule has 0 aromatic heterocycles. The highest BCUT2D eigenvalue weighted by molar-refractivity contribution is 5.72. The number of rotatable bonds is 2. The van der Waals surface area contributed by atoms with Gasteiger partial charge in [0.2, 0.25) is 0 Å². The predicted octanol–water partition coefficient (Wildman–Crippen LogP) is 1.70. The molecule has 0 bridgehead atoms. The van der Waals surface area contributed by atoms with Crippen molar-refractivity contribution in [3.05, 3.63) is 53.0 Å². The summed E-state index contributed by atoms with van der Waals surface area (Å²) in [4.78, 5) is 5.48. The van der Waals surface area contributed by atoms with Crippen molar-refractivity contribution >= 4 is 5.70 Å². The summed E-state index contributed by atoms with van der Waals surface area (Å²) in [5.74, 6) is 0. The quantitative estimate of drug-likeness (QED) is 0.630. The first-order valence-corrected chi connectivity index (χ1v) is 5.89. The standard InChI is InChI=1S/C14H14N4/c1-16-13(11-15)14(12-5-3-2-4-6-12)18-9-7-17-8-10-18/h2-6,17H,7-10H2. The van der Waals surface area contributed by atoms with Gasteiger partial charge in [-0.1, -0.05) is 30.3 Å². The van der Waals surface area contributed by atoms with E-state index in [1.807, 2.05) is 36.4 Å². The minimum absolute atomic E-state index is 0.170. The van der Waals surface area contributed by atoms with Crippen molar-refractivity contribution in [2.75, 3.05) is 26.2 Å². The van der Waals surface area contributed by atoms with E-state index in [0.717, 1.165) is 37.4 Å². The van der Waals surface area contributed by atoms with Crippen LogP contribution in [0.3, 0.4) is 0 Å². The maximum absolute atomic E-state index is 9.12. The van der Waals surface area contributed by atoms with E-state index in [9.17, 15) is 0 Å². The lowest BCUT2D eigenvalue weighted by atomic mass is 10.1. The molecule has 1 aliphatic heterocycles. The van der Waals surface area contributed by atoms with Gasteiger partial charge in [-0.3, -0.25) is 0 Å². The zero-order chi connectivity index (χ0) is 12.8. The van der Waals surface area contributed by atoms with E-state index in [1.54, 1.807) is 0 Å². The van der Waals surface area contributed by atoms with E-state index < -0.39 is 0 Å². The molecule has 0 atom stereocenters. The van der Waals surface area contributed by atoms with Gasteiger partial charge in [0.25, 0.3) is 5.70 Å². The van der Waals surface area contributed by atoms with E-state index in [1.165, 1.54) is 0 Å². The average Bonchev–Trinajstić information content (AvgIpc) is 2.46. The highest BCUT2D eigenvalue weighted by Gasteiger charge is 2.18. The van der Waals surface area contributed by atoms with Crippen molar-refractivity contribution in [2.24, 2.45) is 0 Å². The third kappa shape index (κ3) is 2.51. The number of hydrogen-bond acceptors (Lipinski definition) is 3. The molecule has 1 aromatic carbocycles. The molecule has 1 heterocycles. The maximum Gasteiger partial charge on any atom is 0.285 e. The molecular formula is C14H14N4. The Kier molecular flexibility index (Phi) is 3.96. The Bertz CT molecular complexity index is 497. The van der Waals surface area contributed by atoms with Crippen LogP contribution in [0.5, 0.6) is 0 Å². The van der Waals surface area contributed by atoms with Gasteiger partial charge in [-0.15, -0.1) is 0 Å². The average molecular weight is 238 g/mol. The Hall–Kier alpha value is -2.30. The molecule has 0 amide bonds. The van der Waals surface area contributed by atoms with Gasteiger partial charge in [-0.25, -0.2) is 10.1 Å². The molecular weight excluding hydrogens is 224 g/mol. The minimum Gasteiger partial charge on any atom is -0.377 e. The second kappa shape index (κ2) is 5.86. The molecule has 4 heteroatoms. The largest absolute Gasteiger partial charge is 0.377 e. The van der Waals surface area contributed by atoms with Gasteiger partial charge in [0.15, 0.2) is 0 Å². The molecule has 4 nitrogen and oxygen atoms in total. The molecule has 18 heavy (non-hydrogen) atoms. The predicted molar refractivity (Wildman–Crippen MR) is 70.0 cm³/mol. The summed E-state index contributed by atoms with van der Waals surface area (Å²) in [5, 5.41) is 12.4. The maximum atomic E-state index is 9.12. The summed E-state index contributed by atoms with van der Waals surface area (Å²) < 4.78 is 0. The Balaban J connectivity index is 2.45. The fraction of sp³-hybridized carbons (Fsp3) is 0.286. The topological polar surface area (TPSA) is 43.4 Å². The third-order valence-electron chi connectivity index (χ3n) is 2.92. The van der Waals surface area contributed by atoms with Crippen LogP contribution >= 0.6 is 0 Å². The summed E-state index contributed by atoms with van der Waals surface area (Å²) in [6, 6.07) is 11.7. The Morgan fingerprint density at radius 2 is 1.94 bits per heavy atom. The van der Waals surface area contributed by atoms with Crippen LogP contribution in [0.25, 0.3) is 10.5 Å². The van der Waals surface area contributed by atoms with E-state index in [-0.39, 0.29) is 5.70 Å². The van der Waals surface area contributed by atoms with Crippen molar-refractivity contribution in [3.63, 3.8) is 0 Å². The Labute approximate surface area is 107 Å². The molecule has 0 unspecified atom stereocenters. The molecule has 1 aromatic rings. The first-order chi connectivity index (χ1) is 8.86. The lowest BCUT2D eigenvalue weighted by Crippen LogP contribution is -2.42. The molecule has 1 N–H and O–H groups in total. The molecule has 0 spiro atoms. The van der Waals surface area contributed by atoms with Gasteiger partial charge in [-0.05, 0) is 5.56 Å². The van der Waals surface area contributed by atoms with E-state index >= 15 is 0 Å². The van der Waals surface area contributed by atoms with Crippen molar-refractivity contribution in [1.29, 1.82) is 5.26 Å². The molecule has 1 aliphatic rings. The van der Waals surface area contributed by atoms with Crippen molar-refractivity contribution in [1.82, 2.24) is 10.2 Å². The van der Waals surface area contributed by atoms with Gasteiger partial charge in [0, 0.05) is 26.2 Å². The van der Waals surface area contributed by atoms with Crippen LogP contribution in [0.1, 0.15) is 5.56 Å². The van der Waals surface area contributed by atoms with Gasteiger partial charge >= 0.3 is 0 Å². The van der Waals surface area contributed by atoms with Gasteiger partial charge in [0.1, 0.15) is 0 Å². The number of hydrogen-bond donors (Lipinski definition) is 1. The summed E-state index contributed by atoms with van der Waals surface area (Å²) in [6.07, 6.45) is 0. The van der Waals surface area contributed by atoms with Crippen LogP contribution < -0.4 is 5.32 Å². The molecule has 0 aliphatic carbocycles. The van der Waals surface area contributed by atoms with Crippen LogP contribution in [0.4, 0.5) is 0 Å². The number of nitrogens with zero attached hydrogens (tertiary/aromatic N) is 3. The molecule has 1 saturated heterocycles. The van der Waals surface area contributed by atoms with E-state index in [0.29, 0.717) is 0 Å². The zero-order valence-electron chi connectivity index (χ0n) is 10.1. The molecule has 0 radical (unpaired) electrons. The Morgan fingerprint density at radius 1 is 1.28 bits per heavy atom. The fourth-order valence-electron chi connectivity index (χ4n) is 2.08. The van der Waals surface area contributed by atoms with E-state index in [2.05, 4.69) is 15.1 Å². The molecule has 90 valence electrons. The lowest BCUT2D eigenvalue weighted by Gasteiger charge is -2.32. The molecule has 0 saturated carbocycles. The van der Waals surface area contributed by atoms with Crippen LogP contribution in [0.15, 0.2) is 36.0 Å². The minimum atomic E-state index is 0.170. The SMILES string of the molecule is [C-]#[N+]C(C#N)=C(c1ccccc1)N1CCNCC1. The third-order valence-corrected chi connectivity index (χ3v) is 2.92. The van der Waals surface area contributed by atoms with Gasteiger partial charge in [-0.2, -0.15) is 0 Å². The van der Waals surface area contributed by atoms with Gasteiger partial charge in [0.05, 0.1) is 18.3 Å². The van der Waals surface area contributed by atoms with Crippen molar-refractivity contribution in [2.45, 2.75) is 0 Å². The van der Waals surface area contributed by atoms with Crippen molar-refractivity contribution < 1.29 is 0 Å². The zero-order valence-corrected chi connectivity index (χ0v) is 10.1. The smallest absolute Gasteiger partial charge is 0.285 e.